The van der Waals surface area contributed by atoms with Gasteiger partial charge in [-0.05, 0) is 42.8 Å². The van der Waals surface area contributed by atoms with Crippen molar-refractivity contribution in [3.63, 3.8) is 0 Å². The van der Waals surface area contributed by atoms with E-state index in [0.717, 1.165) is 11.1 Å². The topological polar surface area (TPSA) is 124 Å². The number of H-pyrrole nitrogens is 1. The normalized spacial score (nSPS) is 16.8. The molecule has 0 unspecified atom stereocenters. The summed E-state index contributed by atoms with van der Waals surface area (Å²) >= 11 is 0. The van der Waals surface area contributed by atoms with E-state index in [-0.39, 0.29) is 24.3 Å². The Hall–Kier alpha value is -4.39. The number of likely N-dealkylation sites (tertiary alicyclic amines) is 1. The second-order valence-electron chi connectivity index (χ2n) is 8.17. The molecule has 2 amide bonds. The molecule has 172 valence electrons. The molecule has 2 aliphatic rings. The Morgan fingerprint density at radius 3 is 2.85 bits per heavy atom. The van der Waals surface area contributed by atoms with Gasteiger partial charge in [-0.25, -0.2) is 0 Å². The fourth-order valence-corrected chi connectivity index (χ4v) is 4.28. The van der Waals surface area contributed by atoms with Crippen LogP contribution in [0.2, 0.25) is 0 Å². The van der Waals surface area contributed by atoms with Crippen molar-refractivity contribution in [2.75, 3.05) is 32.8 Å². The first-order valence-corrected chi connectivity index (χ1v) is 11.0. The molecule has 2 aromatic carbocycles. The van der Waals surface area contributed by atoms with Gasteiger partial charge in [0.2, 0.25) is 0 Å². The molecule has 0 aliphatic carbocycles. The number of nitriles is 1. The molecule has 10 nitrogen and oxygen atoms in total. The number of aromatic nitrogens is 3. The van der Waals surface area contributed by atoms with Crippen LogP contribution in [-0.4, -0.2) is 69.9 Å². The van der Waals surface area contributed by atoms with E-state index >= 15 is 0 Å². The zero-order chi connectivity index (χ0) is 23.7. The van der Waals surface area contributed by atoms with E-state index in [4.69, 9.17) is 14.7 Å². The summed E-state index contributed by atoms with van der Waals surface area (Å²) in [6, 6.07) is 12.2. The molecular formula is C24H22N6O4. The predicted octanol–water partition coefficient (Wildman–Crippen LogP) is 2.11. The summed E-state index contributed by atoms with van der Waals surface area (Å²) in [5, 5.41) is 19.6. The fraction of sp³-hybridized carbons (Fsp3) is 0.292. The van der Waals surface area contributed by atoms with Crippen molar-refractivity contribution in [2.24, 2.45) is 5.92 Å². The Bertz CT molecular complexity index is 1340. The maximum atomic E-state index is 12.9. The molecule has 3 heterocycles. The van der Waals surface area contributed by atoms with Gasteiger partial charge in [0.05, 0.1) is 23.8 Å². The van der Waals surface area contributed by atoms with Gasteiger partial charge < -0.3 is 19.3 Å². The van der Waals surface area contributed by atoms with Crippen LogP contribution in [0.3, 0.4) is 0 Å². The SMILES string of the molecule is CCOc1cc(C#N)ccc1OCC(=O)N1CC2=CN(C(=O)c3ccc4[nH]nnc4c3)C[C@@H]2C1. The molecule has 1 saturated heterocycles. The van der Waals surface area contributed by atoms with Crippen molar-refractivity contribution in [1.82, 2.24) is 25.2 Å². The van der Waals surface area contributed by atoms with Crippen molar-refractivity contribution in [2.45, 2.75) is 6.92 Å². The molecule has 10 heteroatoms. The summed E-state index contributed by atoms with van der Waals surface area (Å²) in [7, 11) is 0. The van der Waals surface area contributed by atoms with Crippen LogP contribution in [0.15, 0.2) is 48.2 Å². The van der Waals surface area contributed by atoms with E-state index in [0.29, 0.717) is 54.4 Å². The second-order valence-corrected chi connectivity index (χ2v) is 8.17. The largest absolute Gasteiger partial charge is 0.490 e. The molecule has 0 spiro atoms. The average molecular weight is 458 g/mol. The monoisotopic (exact) mass is 458 g/mol. The molecule has 0 saturated carbocycles. The summed E-state index contributed by atoms with van der Waals surface area (Å²) < 4.78 is 11.2. The Labute approximate surface area is 195 Å². The number of carbonyl (C=O) groups is 2. The molecule has 3 aromatic rings. The maximum absolute atomic E-state index is 12.9. The van der Waals surface area contributed by atoms with Crippen molar-refractivity contribution in [3.8, 4) is 17.6 Å². The van der Waals surface area contributed by atoms with Crippen LogP contribution >= 0.6 is 0 Å². The maximum Gasteiger partial charge on any atom is 0.260 e. The van der Waals surface area contributed by atoms with Crippen molar-refractivity contribution in [1.29, 1.82) is 5.26 Å². The Balaban J connectivity index is 1.20. The quantitative estimate of drug-likeness (QED) is 0.600. The minimum atomic E-state index is -0.142. The van der Waals surface area contributed by atoms with Crippen molar-refractivity contribution < 1.29 is 19.1 Å². The smallest absolute Gasteiger partial charge is 0.260 e. The number of nitrogens with one attached hydrogen (secondary N) is 1. The van der Waals surface area contributed by atoms with Crippen molar-refractivity contribution >= 4 is 22.8 Å². The molecule has 1 fully saturated rings. The highest BCUT2D eigenvalue weighted by Gasteiger charge is 2.37. The summed E-state index contributed by atoms with van der Waals surface area (Å²) in [6.45, 7) is 3.65. The number of nitrogens with zero attached hydrogens (tertiary/aromatic N) is 5. The number of hydrogen-bond donors (Lipinski definition) is 1. The highest BCUT2D eigenvalue weighted by molar-refractivity contribution is 5.98. The third kappa shape index (κ3) is 4.03. The first-order valence-electron chi connectivity index (χ1n) is 11.0. The number of carbonyl (C=O) groups excluding carboxylic acids is 2. The lowest BCUT2D eigenvalue weighted by Crippen LogP contribution is -2.35. The van der Waals surface area contributed by atoms with Crippen LogP contribution in [0.1, 0.15) is 22.8 Å². The van der Waals surface area contributed by atoms with Crippen LogP contribution in [0.4, 0.5) is 0 Å². The van der Waals surface area contributed by atoms with Crippen molar-refractivity contribution in [3.05, 3.63) is 59.3 Å². The standard InChI is InChI=1S/C24H22N6O4/c1-2-33-22-7-15(9-25)3-6-21(22)34-14-23(31)29-10-17-12-30(13-18(17)11-29)24(32)16-4-5-19-20(8-16)27-28-26-19/h3-8,12,18H,2,10-11,13-14H2,1H3,(H,26,27,28)/t18-/m0/s1. The number of fused-ring (bicyclic) bond motifs is 2. The molecular weight excluding hydrogens is 436 g/mol. The number of benzene rings is 2. The summed E-state index contributed by atoms with van der Waals surface area (Å²) in [5.74, 6) is 0.730. The van der Waals surface area contributed by atoms with Gasteiger partial charge in [-0.15, -0.1) is 5.10 Å². The summed E-state index contributed by atoms with van der Waals surface area (Å²) in [4.78, 5) is 29.1. The Kier molecular flexibility index (Phi) is 5.59. The van der Waals surface area contributed by atoms with Gasteiger partial charge in [0.15, 0.2) is 18.1 Å². The number of ether oxygens (including phenoxy) is 2. The lowest BCUT2D eigenvalue weighted by atomic mass is 10.1. The zero-order valence-electron chi connectivity index (χ0n) is 18.5. The average Bonchev–Trinajstić information content (AvgIpc) is 3.57. The van der Waals surface area contributed by atoms with Gasteiger partial charge in [0.25, 0.3) is 11.8 Å². The Morgan fingerprint density at radius 2 is 2.06 bits per heavy atom. The van der Waals surface area contributed by atoms with Crippen LogP contribution in [0, 0.1) is 17.2 Å². The third-order valence-electron chi connectivity index (χ3n) is 5.99. The molecule has 5 rings (SSSR count). The van der Waals surface area contributed by atoms with Crippen LogP contribution in [0.25, 0.3) is 11.0 Å². The first kappa shape index (κ1) is 21.5. The highest BCUT2D eigenvalue weighted by Crippen LogP contribution is 2.32. The molecule has 1 aromatic heterocycles. The summed E-state index contributed by atoms with van der Waals surface area (Å²) in [5.41, 5.74) is 3.48. The van der Waals surface area contributed by atoms with E-state index in [2.05, 4.69) is 21.5 Å². The van der Waals surface area contributed by atoms with Crippen LogP contribution in [-0.2, 0) is 4.79 Å². The molecule has 1 N–H and O–H groups in total. The van der Waals surface area contributed by atoms with E-state index in [1.54, 1.807) is 46.2 Å². The van der Waals surface area contributed by atoms with Gasteiger partial charge in [-0.2, -0.15) is 5.26 Å². The minimum absolute atomic E-state index is 0.0997. The van der Waals surface area contributed by atoms with Crippen LogP contribution < -0.4 is 9.47 Å². The van der Waals surface area contributed by atoms with E-state index in [1.165, 1.54) is 0 Å². The number of rotatable bonds is 6. The highest BCUT2D eigenvalue weighted by atomic mass is 16.5. The van der Waals surface area contributed by atoms with Gasteiger partial charge in [0.1, 0.15) is 5.52 Å². The first-order chi connectivity index (χ1) is 16.6. The molecule has 0 radical (unpaired) electrons. The lowest BCUT2D eigenvalue weighted by molar-refractivity contribution is -0.132. The van der Waals surface area contributed by atoms with E-state index < -0.39 is 0 Å². The summed E-state index contributed by atoms with van der Waals surface area (Å²) in [6.07, 6.45) is 1.85. The van der Waals surface area contributed by atoms with Gasteiger partial charge in [-0.1, -0.05) is 5.21 Å². The van der Waals surface area contributed by atoms with Gasteiger partial charge >= 0.3 is 0 Å². The molecule has 0 bridgehead atoms. The second kappa shape index (κ2) is 8.86. The third-order valence-corrected chi connectivity index (χ3v) is 5.99. The van der Waals surface area contributed by atoms with Gasteiger partial charge in [-0.3, -0.25) is 14.7 Å². The number of hydrogen-bond acceptors (Lipinski definition) is 7. The number of amides is 2. The molecule has 1 atom stereocenters. The van der Waals surface area contributed by atoms with E-state index in [1.807, 2.05) is 13.1 Å². The van der Waals surface area contributed by atoms with E-state index in [9.17, 15) is 9.59 Å². The number of aromatic amines is 1. The molecule has 2 aliphatic heterocycles. The molecule has 34 heavy (non-hydrogen) atoms. The lowest BCUT2D eigenvalue weighted by Gasteiger charge is -2.20. The minimum Gasteiger partial charge on any atom is -0.490 e. The van der Waals surface area contributed by atoms with Crippen LogP contribution in [0.5, 0.6) is 11.5 Å². The zero-order valence-corrected chi connectivity index (χ0v) is 18.5. The van der Waals surface area contributed by atoms with Gasteiger partial charge in [0, 0.05) is 43.4 Å². The predicted molar refractivity (Wildman–Crippen MR) is 121 cm³/mol. The fourth-order valence-electron chi connectivity index (χ4n) is 4.28. The Morgan fingerprint density at radius 1 is 1.18 bits per heavy atom.